The van der Waals surface area contributed by atoms with Gasteiger partial charge in [-0.2, -0.15) is 0 Å². The van der Waals surface area contributed by atoms with Crippen molar-refractivity contribution in [2.24, 2.45) is 0 Å². The second-order valence-electron chi connectivity index (χ2n) is 6.17. The topological polar surface area (TPSA) is 92.8 Å². The summed E-state index contributed by atoms with van der Waals surface area (Å²) in [5.41, 5.74) is 0.897. The molecule has 150 valence electrons. The Kier molecular flexibility index (Phi) is 7.34. The fourth-order valence-corrected chi connectivity index (χ4v) is 3.66. The van der Waals surface area contributed by atoms with Gasteiger partial charge in [0.05, 0.1) is 24.5 Å². The normalized spacial score (nSPS) is 12.5. The summed E-state index contributed by atoms with van der Waals surface area (Å²) in [5.74, 6) is -0.968. The molecule has 1 unspecified atom stereocenters. The number of hydrogen-bond donors (Lipinski definition) is 1. The number of ether oxygens (including phenoxy) is 1. The standard InChI is InChI=1S/C19H21BrN2O5S/c1-22(2)28(25,26)16-6-4-5-14(11-16)19(24)21-17(12-18(23)27-3)13-7-9-15(20)10-8-13/h4-11,17H,12H2,1-3H3,(H,21,24). The van der Waals surface area contributed by atoms with E-state index in [1.807, 2.05) is 0 Å². The summed E-state index contributed by atoms with van der Waals surface area (Å²) in [5, 5.41) is 2.78. The van der Waals surface area contributed by atoms with Gasteiger partial charge < -0.3 is 10.1 Å². The Bertz CT molecular complexity index is 959. The van der Waals surface area contributed by atoms with Crippen LogP contribution < -0.4 is 5.32 Å². The molecule has 2 rings (SSSR count). The molecule has 0 spiro atoms. The van der Waals surface area contributed by atoms with Crippen LogP contribution in [0.1, 0.15) is 28.4 Å². The average Bonchev–Trinajstić information content (AvgIpc) is 2.67. The number of methoxy groups -OCH3 is 1. The summed E-state index contributed by atoms with van der Waals surface area (Å²) in [7, 11) is 0.446. The van der Waals surface area contributed by atoms with Crippen molar-refractivity contribution in [1.29, 1.82) is 0 Å². The molecule has 1 N–H and O–H groups in total. The van der Waals surface area contributed by atoms with Crippen molar-refractivity contribution in [3.05, 3.63) is 64.1 Å². The predicted octanol–water partition coefficient (Wildman–Crippen LogP) is 2.73. The van der Waals surface area contributed by atoms with Crippen LogP contribution in [-0.4, -0.2) is 45.8 Å². The van der Waals surface area contributed by atoms with E-state index in [9.17, 15) is 18.0 Å². The maximum atomic E-state index is 12.7. The van der Waals surface area contributed by atoms with Gasteiger partial charge in [-0.25, -0.2) is 12.7 Å². The molecule has 28 heavy (non-hydrogen) atoms. The van der Waals surface area contributed by atoms with Crippen molar-refractivity contribution < 1.29 is 22.7 Å². The lowest BCUT2D eigenvalue weighted by atomic mass is 10.0. The van der Waals surface area contributed by atoms with Crippen LogP contribution in [0.25, 0.3) is 0 Å². The van der Waals surface area contributed by atoms with Gasteiger partial charge in [-0.15, -0.1) is 0 Å². The maximum Gasteiger partial charge on any atom is 0.307 e. The van der Waals surface area contributed by atoms with Crippen LogP contribution in [0.15, 0.2) is 57.9 Å². The summed E-state index contributed by atoms with van der Waals surface area (Å²) in [6.45, 7) is 0. The molecule has 1 atom stereocenters. The molecule has 0 saturated carbocycles. The van der Waals surface area contributed by atoms with E-state index >= 15 is 0 Å². The Balaban J connectivity index is 2.30. The van der Waals surface area contributed by atoms with E-state index in [0.29, 0.717) is 0 Å². The van der Waals surface area contributed by atoms with Crippen LogP contribution in [0.4, 0.5) is 0 Å². The molecule has 0 radical (unpaired) electrons. The third kappa shape index (κ3) is 5.40. The Morgan fingerprint density at radius 2 is 1.79 bits per heavy atom. The molecule has 2 aromatic carbocycles. The van der Waals surface area contributed by atoms with Crippen molar-refractivity contribution in [3.63, 3.8) is 0 Å². The molecule has 0 saturated heterocycles. The van der Waals surface area contributed by atoms with Crippen LogP contribution in [0.5, 0.6) is 0 Å². The van der Waals surface area contributed by atoms with Crippen LogP contribution in [0, 0.1) is 0 Å². The molecule has 0 fully saturated rings. The minimum Gasteiger partial charge on any atom is -0.469 e. The first-order chi connectivity index (χ1) is 13.1. The zero-order valence-corrected chi connectivity index (χ0v) is 18.1. The van der Waals surface area contributed by atoms with Crippen LogP contribution in [0.3, 0.4) is 0 Å². The molecule has 0 aliphatic heterocycles. The van der Waals surface area contributed by atoms with Gasteiger partial charge in [-0.3, -0.25) is 9.59 Å². The predicted molar refractivity (Wildman–Crippen MR) is 108 cm³/mol. The largest absolute Gasteiger partial charge is 0.469 e. The van der Waals surface area contributed by atoms with E-state index in [1.165, 1.54) is 45.5 Å². The highest BCUT2D eigenvalue weighted by Gasteiger charge is 2.22. The molecule has 2 aromatic rings. The lowest BCUT2D eigenvalue weighted by molar-refractivity contribution is -0.141. The summed E-state index contributed by atoms with van der Waals surface area (Å²) in [4.78, 5) is 24.5. The Morgan fingerprint density at radius 3 is 2.36 bits per heavy atom. The number of halogens is 1. The number of nitrogens with one attached hydrogen (secondary N) is 1. The first-order valence-electron chi connectivity index (χ1n) is 8.31. The maximum absolute atomic E-state index is 12.7. The first kappa shape index (κ1) is 22.1. The Hall–Kier alpha value is -2.23. The summed E-state index contributed by atoms with van der Waals surface area (Å²) in [6.07, 6.45) is -0.0560. The van der Waals surface area contributed by atoms with E-state index < -0.39 is 27.9 Å². The second kappa shape index (κ2) is 9.31. The summed E-state index contributed by atoms with van der Waals surface area (Å²) in [6, 6.07) is 12.3. The third-order valence-electron chi connectivity index (χ3n) is 4.05. The highest BCUT2D eigenvalue weighted by Crippen LogP contribution is 2.22. The molecular weight excluding hydrogens is 448 g/mol. The average molecular weight is 469 g/mol. The van der Waals surface area contributed by atoms with Crippen molar-refractivity contribution >= 4 is 37.8 Å². The van der Waals surface area contributed by atoms with Gasteiger partial charge in [0.25, 0.3) is 5.91 Å². The zero-order valence-electron chi connectivity index (χ0n) is 15.7. The minimum absolute atomic E-state index is 0.0123. The lowest BCUT2D eigenvalue weighted by Gasteiger charge is -2.19. The Labute approximate surface area is 172 Å². The van der Waals surface area contributed by atoms with Crippen molar-refractivity contribution in [3.8, 4) is 0 Å². The van der Waals surface area contributed by atoms with Crippen molar-refractivity contribution in [2.45, 2.75) is 17.4 Å². The molecule has 7 nitrogen and oxygen atoms in total. The van der Waals surface area contributed by atoms with Crippen LogP contribution in [0.2, 0.25) is 0 Å². The molecule has 0 aromatic heterocycles. The number of rotatable bonds is 7. The number of amides is 1. The number of esters is 1. The van der Waals surface area contributed by atoms with Gasteiger partial charge in [-0.1, -0.05) is 34.1 Å². The van der Waals surface area contributed by atoms with E-state index in [2.05, 4.69) is 21.2 Å². The van der Waals surface area contributed by atoms with Crippen LogP contribution >= 0.6 is 15.9 Å². The minimum atomic E-state index is -3.67. The number of hydrogen-bond acceptors (Lipinski definition) is 5. The third-order valence-corrected chi connectivity index (χ3v) is 6.39. The monoisotopic (exact) mass is 468 g/mol. The molecule has 0 heterocycles. The number of nitrogens with zero attached hydrogens (tertiary/aromatic N) is 1. The number of benzene rings is 2. The smallest absolute Gasteiger partial charge is 0.307 e. The number of carbonyl (C=O) groups is 2. The fourth-order valence-electron chi connectivity index (χ4n) is 2.45. The second-order valence-corrected chi connectivity index (χ2v) is 9.24. The van der Waals surface area contributed by atoms with E-state index in [1.54, 1.807) is 24.3 Å². The molecule has 9 heteroatoms. The lowest BCUT2D eigenvalue weighted by Crippen LogP contribution is -2.31. The van der Waals surface area contributed by atoms with E-state index in [-0.39, 0.29) is 16.9 Å². The van der Waals surface area contributed by atoms with Gasteiger partial charge >= 0.3 is 5.97 Å². The van der Waals surface area contributed by atoms with Gasteiger partial charge in [0.2, 0.25) is 10.0 Å². The first-order valence-corrected chi connectivity index (χ1v) is 10.5. The highest BCUT2D eigenvalue weighted by atomic mass is 79.9. The van der Waals surface area contributed by atoms with Crippen molar-refractivity contribution in [2.75, 3.05) is 21.2 Å². The highest BCUT2D eigenvalue weighted by molar-refractivity contribution is 9.10. The van der Waals surface area contributed by atoms with Crippen molar-refractivity contribution in [1.82, 2.24) is 9.62 Å². The SMILES string of the molecule is COC(=O)CC(NC(=O)c1cccc(S(=O)(=O)N(C)C)c1)c1ccc(Br)cc1. The van der Waals surface area contributed by atoms with Crippen LogP contribution in [-0.2, 0) is 19.6 Å². The molecule has 0 aliphatic rings. The number of sulfonamides is 1. The summed E-state index contributed by atoms with van der Waals surface area (Å²) >= 11 is 3.34. The van der Waals surface area contributed by atoms with E-state index in [4.69, 9.17) is 4.74 Å². The van der Waals surface area contributed by atoms with E-state index in [0.717, 1.165) is 14.3 Å². The fraction of sp³-hybridized carbons (Fsp3) is 0.263. The quantitative estimate of drug-likeness (QED) is 0.630. The molecule has 0 aliphatic carbocycles. The van der Waals surface area contributed by atoms with Gasteiger partial charge in [0, 0.05) is 24.1 Å². The number of carbonyl (C=O) groups excluding carboxylic acids is 2. The van der Waals surface area contributed by atoms with Gasteiger partial charge in [0.15, 0.2) is 0 Å². The molecule has 1 amide bonds. The van der Waals surface area contributed by atoms with Gasteiger partial charge in [-0.05, 0) is 35.9 Å². The van der Waals surface area contributed by atoms with Gasteiger partial charge in [0.1, 0.15) is 0 Å². The molecule has 0 bridgehead atoms. The molecular formula is C19H21BrN2O5S. The zero-order chi connectivity index (χ0) is 20.9. The Morgan fingerprint density at radius 1 is 1.14 bits per heavy atom. The summed E-state index contributed by atoms with van der Waals surface area (Å²) < 4.78 is 31.2.